The third-order valence-electron chi connectivity index (χ3n) is 5.74. The van der Waals surface area contributed by atoms with Gasteiger partial charge in [-0.15, -0.1) is 0 Å². The van der Waals surface area contributed by atoms with Gasteiger partial charge in [-0.1, -0.05) is 0 Å². The SMILES string of the molecule is O=C(O)C1(C2CCC(c3ccnc4ccncc34)CC2)CC1. The van der Waals surface area contributed by atoms with Crippen LogP contribution in [0.4, 0.5) is 0 Å². The lowest BCUT2D eigenvalue weighted by atomic mass is 9.72. The molecule has 4 nitrogen and oxygen atoms in total. The summed E-state index contributed by atoms with van der Waals surface area (Å²) in [5, 5.41) is 10.6. The van der Waals surface area contributed by atoms with Crippen LogP contribution in [-0.2, 0) is 4.79 Å². The maximum absolute atomic E-state index is 11.5. The third-order valence-corrected chi connectivity index (χ3v) is 5.74. The van der Waals surface area contributed by atoms with Gasteiger partial charge in [0, 0.05) is 24.0 Å². The van der Waals surface area contributed by atoms with Gasteiger partial charge in [0.2, 0.25) is 0 Å². The summed E-state index contributed by atoms with van der Waals surface area (Å²) >= 11 is 0. The van der Waals surface area contributed by atoms with E-state index in [4.69, 9.17) is 0 Å². The van der Waals surface area contributed by atoms with E-state index in [1.165, 1.54) is 5.56 Å². The molecule has 2 fully saturated rings. The molecule has 1 N–H and O–H groups in total. The van der Waals surface area contributed by atoms with Crippen molar-refractivity contribution in [2.45, 2.75) is 44.4 Å². The number of carbonyl (C=O) groups is 1. The van der Waals surface area contributed by atoms with E-state index in [9.17, 15) is 9.90 Å². The zero-order valence-electron chi connectivity index (χ0n) is 12.5. The quantitative estimate of drug-likeness (QED) is 0.936. The van der Waals surface area contributed by atoms with Crippen molar-refractivity contribution in [2.24, 2.45) is 11.3 Å². The monoisotopic (exact) mass is 296 g/mol. The van der Waals surface area contributed by atoms with Gasteiger partial charge >= 0.3 is 5.97 Å². The molecule has 4 rings (SSSR count). The molecule has 114 valence electrons. The second kappa shape index (κ2) is 5.04. The highest BCUT2D eigenvalue weighted by Gasteiger charge is 2.56. The zero-order valence-corrected chi connectivity index (χ0v) is 12.5. The van der Waals surface area contributed by atoms with Crippen molar-refractivity contribution in [2.75, 3.05) is 0 Å². The minimum Gasteiger partial charge on any atom is -0.481 e. The Hall–Kier alpha value is -1.97. The molecule has 0 amide bonds. The van der Waals surface area contributed by atoms with Gasteiger partial charge < -0.3 is 5.11 Å². The van der Waals surface area contributed by atoms with Gasteiger partial charge in [0.15, 0.2) is 0 Å². The van der Waals surface area contributed by atoms with Crippen molar-refractivity contribution in [3.63, 3.8) is 0 Å². The topological polar surface area (TPSA) is 63.1 Å². The van der Waals surface area contributed by atoms with Gasteiger partial charge in [0.1, 0.15) is 0 Å². The predicted molar refractivity (Wildman–Crippen MR) is 83.5 cm³/mol. The van der Waals surface area contributed by atoms with Crippen LogP contribution in [0.25, 0.3) is 10.9 Å². The first-order valence-electron chi connectivity index (χ1n) is 8.13. The van der Waals surface area contributed by atoms with Crippen molar-refractivity contribution in [3.05, 3.63) is 36.3 Å². The molecule has 2 aliphatic carbocycles. The van der Waals surface area contributed by atoms with E-state index in [-0.39, 0.29) is 5.41 Å². The number of pyridine rings is 2. The van der Waals surface area contributed by atoms with Gasteiger partial charge in [-0.2, -0.15) is 0 Å². The van der Waals surface area contributed by atoms with Gasteiger partial charge in [-0.05, 0) is 68.1 Å². The summed E-state index contributed by atoms with van der Waals surface area (Å²) in [6, 6.07) is 4.06. The van der Waals surface area contributed by atoms with Crippen LogP contribution in [0.3, 0.4) is 0 Å². The number of rotatable bonds is 3. The summed E-state index contributed by atoms with van der Waals surface area (Å²) in [7, 11) is 0. The molecule has 2 aromatic heterocycles. The summed E-state index contributed by atoms with van der Waals surface area (Å²) in [5.41, 5.74) is 1.95. The fourth-order valence-corrected chi connectivity index (χ4v) is 4.25. The normalized spacial score (nSPS) is 26.7. The number of hydrogen-bond donors (Lipinski definition) is 1. The molecule has 0 bridgehead atoms. The number of aromatic nitrogens is 2. The lowest BCUT2D eigenvalue weighted by Gasteiger charge is -2.32. The minimum absolute atomic E-state index is 0.368. The van der Waals surface area contributed by atoms with Crippen molar-refractivity contribution in [1.29, 1.82) is 0 Å². The highest BCUT2D eigenvalue weighted by molar-refractivity contribution is 5.81. The van der Waals surface area contributed by atoms with E-state index < -0.39 is 5.97 Å². The number of carboxylic acid groups (broad SMARTS) is 1. The Morgan fingerprint density at radius 2 is 1.91 bits per heavy atom. The fourth-order valence-electron chi connectivity index (χ4n) is 4.25. The van der Waals surface area contributed by atoms with Gasteiger partial charge in [-0.3, -0.25) is 14.8 Å². The minimum atomic E-state index is -0.575. The first-order chi connectivity index (χ1) is 10.7. The van der Waals surface area contributed by atoms with Crippen LogP contribution < -0.4 is 0 Å². The molecular weight excluding hydrogens is 276 g/mol. The Bertz CT molecular complexity index is 711. The number of carboxylic acids is 1. The van der Waals surface area contributed by atoms with Crippen LogP contribution in [-0.4, -0.2) is 21.0 Å². The molecule has 0 unspecified atom stereocenters. The average Bonchev–Trinajstić information content (AvgIpc) is 3.36. The first kappa shape index (κ1) is 13.7. The number of fused-ring (bicyclic) bond motifs is 1. The fraction of sp³-hybridized carbons (Fsp3) is 0.500. The second-order valence-electron chi connectivity index (χ2n) is 6.80. The number of hydrogen-bond acceptors (Lipinski definition) is 3. The lowest BCUT2D eigenvalue weighted by molar-refractivity contribution is -0.146. The van der Waals surface area contributed by atoms with E-state index in [0.717, 1.165) is 49.4 Å². The lowest BCUT2D eigenvalue weighted by Crippen LogP contribution is -2.28. The molecule has 0 radical (unpaired) electrons. The van der Waals surface area contributed by atoms with Crippen LogP contribution in [0.2, 0.25) is 0 Å². The highest BCUT2D eigenvalue weighted by Crippen LogP contribution is 2.57. The summed E-state index contributed by atoms with van der Waals surface area (Å²) < 4.78 is 0. The largest absolute Gasteiger partial charge is 0.481 e. The molecule has 0 aromatic carbocycles. The maximum Gasteiger partial charge on any atom is 0.309 e. The van der Waals surface area contributed by atoms with Crippen molar-refractivity contribution in [3.8, 4) is 0 Å². The van der Waals surface area contributed by atoms with Crippen molar-refractivity contribution in [1.82, 2.24) is 9.97 Å². The van der Waals surface area contributed by atoms with Gasteiger partial charge in [-0.25, -0.2) is 0 Å². The van der Waals surface area contributed by atoms with E-state index in [1.807, 2.05) is 18.5 Å². The molecule has 2 heterocycles. The van der Waals surface area contributed by atoms with Crippen LogP contribution >= 0.6 is 0 Å². The van der Waals surface area contributed by atoms with E-state index in [1.54, 1.807) is 6.20 Å². The van der Waals surface area contributed by atoms with E-state index in [2.05, 4.69) is 16.0 Å². The summed E-state index contributed by atoms with van der Waals surface area (Å²) in [6.45, 7) is 0. The summed E-state index contributed by atoms with van der Waals surface area (Å²) in [6.07, 6.45) is 11.5. The molecule has 0 atom stereocenters. The summed E-state index contributed by atoms with van der Waals surface area (Å²) in [4.78, 5) is 20.1. The van der Waals surface area contributed by atoms with Crippen LogP contribution in [0.15, 0.2) is 30.7 Å². The van der Waals surface area contributed by atoms with Gasteiger partial charge in [0.25, 0.3) is 0 Å². The smallest absolute Gasteiger partial charge is 0.309 e. The Kier molecular flexibility index (Phi) is 3.13. The Labute approximate surface area is 129 Å². The molecule has 0 spiro atoms. The van der Waals surface area contributed by atoms with Crippen LogP contribution in [0, 0.1) is 11.3 Å². The van der Waals surface area contributed by atoms with E-state index in [0.29, 0.717) is 11.8 Å². The van der Waals surface area contributed by atoms with Gasteiger partial charge in [0.05, 0.1) is 10.9 Å². The van der Waals surface area contributed by atoms with Crippen LogP contribution in [0.1, 0.15) is 50.0 Å². The zero-order chi connectivity index (χ0) is 15.2. The van der Waals surface area contributed by atoms with Crippen molar-refractivity contribution < 1.29 is 9.90 Å². The molecule has 0 aliphatic heterocycles. The predicted octanol–water partition coefficient (Wildman–Crippen LogP) is 3.77. The molecule has 2 aromatic rings. The average molecular weight is 296 g/mol. The summed E-state index contributed by atoms with van der Waals surface area (Å²) in [5.74, 6) is 0.303. The molecule has 4 heteroatoms. The molecule has 0 saturated heterocycles. The molecule has 2 aliphatic rings. The molecular formula is C18H20N2O2. The molecule has 2 saturated carbocycles. The Morgan fingerprint density at radius 1 is 1.14 bits per heavy atom. The number of aliphatic carboxylic acids is 1. The highest BCUT2D eigenvalue weighted by atomic mass is 16.4. The van der Waals surface area contributed by atoms with Crippen LogP contribution in [0.5, 0.6) is 0 Å². The Morgan fingerprint density at radius 3 is 2.59 bits per heavy atom. The first-order valence-corrected chi connectivity index (χ1v) is 8.13. The number of nitrogens with zero attached hydrogens (tertiary/aromatic N) is 2. The van der Waals surface area contributed by atoms with Crippen molar-refractivity contribution >= 4 is 16.9 Å². The standard InChI is InChI=1S/C18H20N2O2/c21-17(22)18(7-8-18)13-3-1-12(2-4-13)14-5-10-20-16-6-9-19-11-15(14)16/h5-6,9-13H,1-4,7-8H2,(H,21,22). The molecule has 22 heavy (non-hydrogen) atoms. The van der Waals surface area contributed by atoms with E-state index >= 15 is 0 Å². The maximum atomic E-state index is 11.5. The third kappa shape index (κ3) is 2.09. The Balaban J connectivity index is 1.55. The second-order valence-corrected chi connectivity index (χ2v) is 6.80.